The standard InChI is InChI=1S/C30H22O14/c31-14-8-17(32)16-10-23(44-30(42)13-6-18(33)26(39)19(34)7-13)29(43-22(16)9-14)12-3-15-11(1-2-24(37)38)4-20(35)27(40)25(15)28(41)21(36)5-12/h1-9,23,29,31-35,39-40H,10H2,(H,36,41)(H,37,38)/b2-1+/t23-,29-/m1/s1. The Bertz CT molecular complexity index is 1940. The van der Waals surface area contributed by atoms with E-state index in [0.29, 0.717) is 6.08 Å². The molecule has 9 N–H and O–H groups in total. The highest BCUT2D eigenvalue weighted by atomic mass is 16.6. The van der Waals surface area contributed by atoms with E-state index < -0.39 is 86.5 Å². The molecule has 14 nitrogen and oxygen atoms in total. The molecule has 226 valence electrons. The van der Waals surface area contributed by atoms with E-state index in [1.165, 1.54) is 6.07 Å². The quantitative estimate of drug-likeness (QED) is 0.0900. The Balaban J connectivity index is 1.72. The van der Waals surface area contributed by atoms with Crippen molar-refractivity contribution in [2.75, 3.05) is 0 Å². The van der Waals surface area contributed by atoms with Gasteiger partial charge in [0.2, 0.25) is 5.43 Å². The first kappa shape index (κ1) is 29.2. The van der Waals surface area contributed by atoms with Crippen LogP contribution in [0.1, 0.15) is 33.2 Å². The van der Waals surface area contributed by atoms with Gasteiger partial charge in [0.25, 0.3) is 0 Å². The number of benzene rings is 3. The lowest BCUT2D eigenvalue weighted by Gasteiger charge is -2.33. The summed E-state index contributed by atoms with van der Waals surface area (Å²) in [5.74, 6) is -8.61. The largest absolute Gasteiger partial charge is 0.508 e. The molecule has 0 saturated carbocycles. The minimum Gasteiger partial charge on any atom is -0.508 e. The Kier molecular flexibility index (Phi) is 7.19. The van der Waals surface area contributed by atoms with Crippen LogP contribution in [0, 0.1) is 0 Å². The van der Waals surface area contributed by atoms with Crippen LogP contribution in [0.3, 0.4) is 0 Å². The van der Waals surface area contributed by atoms with Crippen LogP contribution in [0.4, 0.5) is 0 Å². The number of hydrogen-bond acceptors (Lipinski definition) is 13. The van der Waals surface area contributed by atoms with Gasteiger partial charge in [-0.3, -0.25) is 4.79 Å². The maximum Gasteiger partial charge on any atom is 0.338 e. The van der Waals surface area contributed by atoms with Gasteiger partial charge in [-0.25, -0.2) is 9.59 Å². The van der Waals surface area contributed by atoms with Gasteiger partial charge in [0.1, 0.15) is 23.4 Å². The smallest absolute Gasteiger partial charge is 0.338 e. The van der Waals surface area contributed by atoms with Crippen LogP contribution in [-0.2, 0) is 16.0 Å². The zero-order valence-electron chi connectivity index (χ0n) is 22.1. The van der Waals surface area contributed by atoms with Gasteiger partial charge in [0.05, 0.1) is 10.9 Å². The molecule has 1 aliphatic rings. The molecule has 2 atom stereocenters. The minimum absolute atomic E-state index is 0.0556. The van der Waals surface area contributed by atoms with Crippen molar-refractivity contribution < 1.29 is 65.0 Å². The van der Waals surface area contributed by atoms with E-state index in [2.05, 4.69) is 0 Å². The van der Waals surface area contributed by atoms with Crippen molar-refractivity contribution in [3.05, 3.63) is 81.0 Å². The Morgan fingerprint density at radius 3 is 2.11 bits per heavy atom. The first-order valence-corrected chi connectivity index (χ1v) is 12.6. The van der Waals surface area contributed by atoms with Gasteiger partial charge in [-0.2, -0.15) is 0 Å². The molecule has 0 unspecified atom stereocenters. The molecule has 0 fully saturated rings. The van der Waals surface area contributed by atoms with Crippen LogP contribution in [0.5, 0.6) is 51.7 Å². The number of carbonyl (C=O) groups excluding carboxylic acids is 1. The number of carboxylic acids is 1. The molecule has 0 radical (unpaired) electrons. The van der Waals surface area contributed by atoms with Crippen LogP contribution < -0.4 is 10.2 Å². The molecule has 1 aliphatic heterocycles. The Hall–Kier alpha value is -6.31. The van der Waals surface area contributed by atoms with Crippen molar-refractivity contribution in [1.82, 2.24) is 0 Å². The summed E-state index contributed by atoms with van der Waals surface area (Å²) in [4.78, 5) is 37.4. The number of carbonyl (C=O) groups is 2. The molecular formula is C30H22O14. The van der Waals surface area contributed by atoms with E-state index in [0.717, 1.165) is 42.5 Å². The van der Waals surface area contributed by atoms with Gasteiger partial charge in [0.15, 0.2) is 40.6 Å². The van der Waals surface area contributed by atoms with Crippen LogP contribution in [0.25, 0.3) is 16.8 Å². The van der Waals surface area contributed by atoms with Crippen molar-refractivity contribution in [2.24, 2.45) is 0 Å². The van der Waals surface area contributed by atoms with Gasteiger partial charge in [-0.05, 0) is 47.4 Å². The lowest BCUT2D eigenvalue weighted by Crippen LogP contribution is -2.35. The highest BCUT2D eigenvalue weighted by molar-refractivity contribution is 6.01. The number of esters is 1. The highest BCUT2D eigenvalue weighted by Gasteiger charge is 2.37. The molecular weight excluding hydrogens is 584 g/mol. The fourth-order valence-corrected chi connectivity index (χ4v) is 4.86. The fraction of sp³-hybridized carbons (Fsp3) is 0.100. The summed E-state index contributed by atoms with van der Waals surface area (Å²) in [6.07, 6.45) is -1.35. The molecule has 4 aromatic rings. The predicted octanol–water partition coefficient (Wildman–Crippen LogP) is 2.84. The Morgan fingerprint density at radius 1 is 0.795 bits per heavy atom. The molecule has 0 aliphatic carbocycles. The second kappa shape index (κ2) is 10.8. The highest BCUT2D eigenvalue weighted by Crippen LogP contribution is 2.45. The van der Waals surface area contributed by atoms with Crippen molar-refractivity contribution in [1.29, 1.82) is 0 Å². The zero-order chi connectivity index (χ0) is 32.0. The van der Waals surface area contributed by atoms with E-state index in [9.17, 15) is 55.2 Å². The molecule has 0 bridgehead atoms. The average Bonchev–Trinajstić information content (AvgIpc) is 3.08. The van der Waals surface area contributed by atoms with Gasteiger partial charge >= 0.3 is 11.9 Å². The van der Waals surface area contributed by atoms with Gasteiger partial charge < -0.3 is 55.4 Å². The molecule has 44 heavy (non-hydrogen) atoms. The first-order valence-electron chi connectivity index (χ1n) is 12.6. The molecule has 5 rings (SSSR count). The van der Waals surface area contributed by atoms with Crippen LogP contribution >= 0.6 is 0 Å². The van der Waals surface area contributed by atoms with Crippen LogP contribution in [0.15, 0.2) is 53.3 Å². The molecule has 1 heterocycles. The van der Waals surface area contributed by atoms with Crippen LogP contribution in [-0.4, -0.2) is 64.0 Å². The second-order valence-corrected chi connectivity index (χ2v) is 9.79. The summed E-state index contributed by atoms with van der Waals surface area (Å²) in [5.41, 5.74) is -1.55. The van der Waals surface area contributed by atoms with Gasteiger partial charge in [-0.15, -0.1) is 0 Å². The van der Waals surface area contributed by atoms with E-state index >= 15 is 0 Å². The number of aliphatic carboxylic acids is 1. The summed E-state index contributed by atoms with van der Waals surface area (Å²) in [7, 11) is 0. The summed E-state index contributed by atoms with van der Waals surface area (Å²) < 4.78 is 11.6. The molecule has 14 heteroatoms. The number of phenolic OH excluding ortho intramolecular Hbond substituents is 7. The third-order valence-electron chi connectivity index (χ3n) is 6.90. The topological polar surface area (TPSA) is 252 Å². The molecule has 0 aromatic heterocycles. The Morgan fingerprint density at radius 2 is 1.45 bits per heavy atom. The SMILES string of the molecule is O=C(O)/C=C/c1cc(O)c(O)c2c(O)c(=O)cc([C@H]3Oc4cc(O)cc(O)c4C[C@H]3OC(=O)c3cc(O)c(O)c(O)c3)cc12. The fourth-order valence-electron chi connectivity index (χ4n) is 4.86. The van der Waals surface area contributed by atoms with E-state index in [1.807, 2.05) is 0 Å². The first-order chi connectivity index (χ1) is 20.7. The summed E-state index contributed by atoms with van der Waals surface area (Å²) in [5, 5.41) is 89.8. The summed E-state index contributed by atoms with van der Waals surface area (Å²) in [6.45, 7) is 0. The van der Waals surface area contributed by atoms with Crippen LogP contribution in [0.2, 0.25) is 0 Å². The third-order valence-corrected chi connectivity index (χ3v) is 6.90. The molecule has 0 spiro atoms. The molecule has 4 aromatic carbocycles. The lowest BCUT2D eigenvalue weighted by atomic mass is 9.93. The number of phenols is 7. The second-order valence-electron chi connectivity index (χ2n) is 9.79. The number of rotatable bonds is 5. The summed E-state index contributed by atoms with van der Waals surface area (Å²) >= 11 is 0. The maximum absolute atomic E-state index is 13.1. The lowest BCUT2D eigenvalue weighted by molar-refractivity contribution is -0.131. The van der Waals surface area contributed by atoms with Crippen molar-refractivity contribution >= 4 is 28.8 Å². The minimum atomic E-state index is -1.43. The monoisotopic (exact) mass is 606 g/mol. The van der Waals surface area contributed by atoms with Crippen molar-refractivity contribution in [2.45, 2.75) is 18.6 Å². The van der Waals surface area contributed by atoms with E-state index in [1.54, 1.807) is 0 Å². The zero-order valence-corrected chi connectivity index (χ0v) is 22.1. The van der Waals surface area contributed by atoms with Gasteiger partial charge in [0, 0.05) is 35.8 Å². The maximum atomic E-state index is 13.1. The number of hydrogen-bond donors (Lipinski definition) is 9. The molecule has 0 amide bonds. The number of aromatic hydroxyl groups is 8. The van der Waals surface area contributed by atoms with Gasteiger partial charge in [-0.1, -0.05) is 0 Å². The number of carboxylic acid groups (broad SMARTS) is 1. The summed E-state index contributed by atoms with van der Waals surface area (Å²) in [6, 6.07) is 6.89. The Labute approximate surface area is 245 Å². The van der Waals surface area contributed by atoms with E-state index in [4.69, 9.17) is 14.6 Å². The number of fused-ring (bicyclic) bond motifs is 2. The van der Waals surface area contributed by atoms with Crippen molar-refractivity contribution in [3.63, 3.8) is 0 Å². The third kappa shape index (κ3) is 5.22. The average molecular weight is 606 g/mol. The molecule has 0 saturated heterocycles. The normalized spacial score (nSPS) is 15.9. The number of ether oxygens (including phenoxy) is 2. The predicted molar refractivity (Wildman–Crippen MR) is 149 cm³/mol. The van der Waals surface area contributed by atoms with Crippen molar-refractivity contribution in [3.8, 4) is 51.7 Å². The van der Waals surface area contributed by atoms with E-state index in [-0.39, 0.29) is 34.2 Å².